The number of hydroxylamine groups is 2. The van der Waals surface area contributed by atoms with Crippen molar-refractivity contribution in [1.82, 2.24) is 10.4 Å². The summed E-state index contributed by atoms with van der Waals surface area (Å²) in [5.74, 6) is 0. The lowest BCUT2D eigenvalue weighted by Gasteiger charge is -2.15. The first-order valence-corrected chi connectivity index (χ1v) is 2.88. The second-order valence-corrected chi connectivity index (χ2v) is 1.95. The molecule has 0 bridgehead atoms. The zero-order valence-electron chi connectivity index (χ0n) is 5.35. The minimum Gasteiger partial charge on any atom is -0.301 e. The lowest BCUT2D eigenvalue weighted by atomic mass is 10.6. The number of hydrogen-bond donors (Lipinski definition) is 1. The molecular formula is C5H12N2O. The van der Waals surface area contributed by atoms with Gasteiger partial charge in [-0.3, -0.25) is 5.32 Å². The van der Waals surface area contributed by atoms with Gasteiger partial charge >= 0.3 is 0 Å². The van der Waals surface area contributed by atoms with Crippen LogP contribution >= 0.6 is 0 Å². The van der Waals surface area contributed by atoms with Crippen molar-refractivity contribution in [1.29, 1.82) is 0 Å². The van der Waals surface area contributed by atoms with Crippen LogP contribution in [0.15, 0.2) is 0 Å². The molecule has 1 saturated heterocycles. The first-order chi connectivity index (χ1) is 3.84. The van der Waals surface area contributed by atoms with E-state index in [2.05, 4.69) is 12.2 Å². The molecule has 0 aliphatic carbocycles. The lowest BCUT2D eigenvalue weighted by molar-refractivity contribution is -0.139. The van der Waals surface area contributed by atoms with Crippen molar-refractivity contribution < 1.29 is 4.84 Å². The third-order valence-electron chi connectivity index (χ3n) is 1.44. The van der Waals surface area contributed by atoms with Crippen LogP contribution < -0.4 is 5.32 Å². The van der Waals surface area contributed by atoms with Crippen molar-refractivity contribution in [2.45, 2.75) is 13.1 Å². The molecule has 1 aliphatic heterocycles. The molecule has 1 fully saturated rings. The van der Waals surface area contributed by atoms with Crippen LogP contribution in [0.25, 0.3) is 0 Å². The van der Waals surface area contributed by atoms with Crippen molar-refractivity contribution in [2.75, 3.05) is 20.2 Å². The molecule has 0 saturated carbocycles. The molecule has 1 rings (SSSR count). The monoisotopic (exact) mass is 116 g/mol. The van der Waals surface area contributed by atoms with Gasteiger partial charge in [-0.2, -0.15) is 5.06 Å². The van der Waals surface area contributed by atoms with Crippen LogP contribution in [-0.2, 0) is 4.84 Å². The molecule has 1 atom stereocenters. The van der Waals surface area contributed by atoms with E-state index in [1.165, 1.54) is 0 Å². The normalized spacial score (nSPS) is 31.5. The van der Waals surface area contributed by atoms with Gasteiger partial charge in [0, 0.05) is 13.1 Å². The van der Waals surface area contributed by atoms with Crippen LogP contribution in [0.3, 0.4) is 0 Å². The van der Waals surface area contributed by atoms with Gasteiger partial charge < -0.3 is 4.84 Å². The Morgan fingerprint density at radius 3 is 2.75 bits per heavy atom. The molecule has 8 heavy (non-hydrogen) atoms. The first kappa shape index (κ1) is 6.01. The highest BCUT2D eigenvalue weighted by Gasteiger charge is 2.17. The van der Waals surface area contributed by atoms with Crippen LogP contribution in [0.1, 0.15) is 6.92 Å². The Kier molecular flexibility index (Phi) is 1.83. The summed E-state index contributed by atoms with van der Waals surface area (Å²) in [6.45, 7) is 4.11. The van der Waals surface area contributed by atoms with Gasteiger partial charge in [0.25, 0.3) is 0 Å². The van der Waals surface area contributed by atoms with Crippen LogP contribution in [0.5, 0.6) is 0 Å². The highest BCUT2D eigenvalue weighted by molar-refractivity contribution is 4.66. The van der Waals surface area contributed by atoms with E-state index in [0.29, 0.717) is 6.17 Å². The van der Waals surface area contributed by atoms with Crippen LogP contribution in [-0.4, -0.2) is 31.4 Å². The largest absolute Gasteiger partial charge is 0.301 e. The highest BCUT2D eigenvalue weighted by Crippen LogP contribution is 1.99. The zero-order chi connectivity index (χ0) is 5.98. The summed E-state index contributed by atoms with van der Waals surface area (Å²) in [6, 6.07) is 0. The predicted molar refractivity (Wildman–Crippen MR) is 31.2 cm³/mol. The number of rotatable bonds is 1. The average Bonchev–Trinajstić information content (AvgIpc) is 2.14. The van der Waals surface area contributed by atoms with Gasteiger partial charge in [-0.25, -0.2) is 0 Å². The standard InChI is InChI=1S/C5H12N2O/c1-5-6-3-4-7(5)8-2/h5-6H,3-4H2,1-2H3/t5-/m1/s1. The molecule has 1 aliphatic rings. The topological polar surface area (TPSA) is 24.5 Å². The highest BCUT2D eigenvalue weighted by atomic mass is 16.7. The quantitative estimate of drug-likeness (QED) is 0.513. The molecule has 3 heteroatoms. The molecule has 0 aromatic rings. The van der Waals surface area contributed by atoms with Gasteiger partial charge in [-0.15, -0.1) is 0 Å². The Balaban J connectivity index is 2.30. The molecule has 0 spiro atoms. The molecule has 48 valence electrons. The Morgan fingerprint density at radius 1 is 1.75 bits per heavy atom. The van der Waals surface area contributed by atoms with Crippen LogP contribution in [0, 0.1) is 0 Å². The van der Waals surface area contributed by atoms with Crippen molar-refractivity contribution in [3.8, 4) is 0 Å². The summed E-state index contributed by atoms with van der Waals surface area (Å²) in [5, 5.41) is 5.14. The summed E-state index contributed by atoms with van der Waals surface area (Å²) in [4.78, 5) is 4.99. The molecule has 0 aromatic heterocycles. The first-order valence-electron chi connectivity index (χ1n) is 2.88. The fourth-order valence-corrected chi connectivity index (χ4v) is 0.928. The van der Waals surface area contributed by atoms with Crippen molar-refractivity contribution in [3.63, 3.8) is 0 Å². The summed E-state index contributed by atoms with van der Waals surface area (Å²) in [6.07, 6.45) is 0.389. The van der Waals surface area contributed by atoms with E-state index >= 15 is 0 Å². The fourth-order valence-electron chi connectivity index (χ4n) is 0.928. The summed E-state index contributed by atoms with van der Waals surface area (Å²) >= 11 is 0. The van der Waals surface area contributed by atoms with E-state index in [0.717, 1.165) is 13.1 Å². The maximum absolute atomic E-state index is 4.99. The van der Waals surface area contributed by atoms with Crippen LogP contribution in [0.4, 0.5) is 0 Å². The number of hydrogen-bond acceptors (Lipinski definition) is 3. The molecule has 0 aromatic carbocycles. The molecule has 0 radical (unpaired) electrons. The van der Waals surface area contributed by atoms with Gasteiger partial charge in [0.05, 0.1) is 13.3 Å². The Labute approximate surface area is 49.6 Å². The molecule has 0 amide bonds. The minimum absolute atomic E-state index is 0.389. The van der Waals surface area contributed by atoms with E-state index in [1.54, 1.807) is 7.11 Å². The summed E-state index contributed by atoms with van der Waals surface area (Å²) < 4.78 is 0. The Bertz CT molecular complexity index is 76.8. The van der Waals surface area contributed by atoms with Gasteiger partial charge in [-0.1, -0.05) is 0 Å². The van der Waals surface area contributed by atoms with E-state index in [-0.39, 0.29) is 0 Å². The van der Waals surface area contributed by atoms with Crippen molar-refractivity contribution in [3.05, 3.63) is 0 Å². The maximum atomic E-state index is 4.99. The Hall–Kier alpha value is -0.120. The molecule has 0 unspecified atom stereocenters. The summed E-state index contributed by atoms with van der Waals surface area (Å²) in [5.41, 5.74) is 0. The van der Waals surface area contributed by atoms with Gasteiger partial charge in [0.2, 0.25) is 0 Å². The second-order valence-electron chi connectivity index (χ2n) is 1.95. The third-order valence-corrected chi connectivity index (χ3v) is 1.44. The van der Waals surface area contributed by atoms with Gasteiger partial charge in [-0.05, 0) is 6.92 Å². The number of nitrogens with one attached hydrogen (secondary N) is 1. The van der Waals surface area contributed by atoms with Gasteiger partial charge in [0.1, 0.15) is 0 Å². The van der Waals surface area contributed by atoms with Crippen molar-refractivity contribution >= 4 is 0 Å². The predicted octanol–water partition coefficient (Wildman–Crippen LogP) is -0.201. The number of nitrogens with zero attached hydrogens (tertiary/aromatic N) is 1. The Morgan fingerprint density at radius 2 is 2.50 bits per heavy atom. The second kappa shape index (κ2) is 2.44. The van der Waals surface area contributed by atoms with Crippen LogP contribution in [0.2, 0.25) is 0 Å². The fraction of sp³-hybridized carbons (Fsp3) is 1.00. The SMILES string of the molecule is CON1CCN[C@H]1C. The van der Waals surface area contributed by atoms with E-state index in [9.17, 15) is 0 Å². The average molecular weight is 116 g/mol. The van der Waals surface area contributed by atoms with E-state index < -0.39 is 0 Å². The lowest BCUT2D eigenvalue weighted by Crippen LogP contribution is -2.31. The van der Waals surface area contributed by atoms with Gasteiger partial charge in [0.15, 0.2) is 0 Å². The van der Waals surface area contributed by atoms with E-state index in [1.807, 2.05) is 5.06 Å². The third kappa shape index (κ3) is 0.992. The maximum Gasteiger partial charge on any atom is 0.0815 e. The molecule has 1 heterocycles. The zero-order valence-corrected chi connectivity index (χ0v) is 5.35. The summed E-state index contributed by atoms with van der Waals surface area (Å²) in [7, 11) is 1.70. The van der Waals surface area contributed by atoms with Crippen molar-refractivity contribution in [2.24, 2.45) is 0 Å². The molecule has 3 nitrogen and oxygen atoms in total. The minimum atomic E-state index is 0.389. The van der Waals surface area contributed by atoms with E-state index in [4.69, 9.17) is 4.84 Å². The molecular weight excluding hydrogens is 104 g/mol. The smallest absolute Gasteiger partial charge is 0.0815 e. The molecule has 1 N–H and O–H groups in total.